The number of carbonyl (C=O) groups is 2. The fraction of sp³-hybridized carbons (Fsp3) is 0.214. The summed E-state index contributed by atoms with van der Waals surface area (Å²) in [5.41, 5.74) is 0.692. The number of aryl methyl sites for hydroxylation is 1. The summed E-state index contributed by atoms with van der Waals surface area (Å²) in [6.07, 6.45) is 2.82. The molecule has 2 aromatic rings. The van der Waals surface area contributed by atoms with E-state index >= 15 is 0 Å². The number of carboxylic acids is 1. The Balaban J connectivity index is 1.91. The van der Waals surface area contributed by atoms with Gasteiger partial charge >= 0.3 is 5.97 Å². The van der Waals surface area contributed by atoms with E-state index in [1.54, 1.807) is 18.2 Å². The number of para-hydroxylation sites is 2. The van der Waals surface area contributed by atoms with E-state index in [1.165, 1.54) is 24.2 Å². The first-order valence-corrected chi connectivity index (χ1v) is 6.29. The Morgan fingerprint density at radius 1 is 1.38 bits per heavy atom. The van der Waals surface area contributed by atoms with Crippen LogP contribution in [0.3, 0.4) is 0 Å². The van der Waals surface area contributed by atoms with Gasteiger partial charge in [0.05, 0.1) is 24.6 Å². The molecule has 110 valence electrons. The molecule has 7 nitrogen and oxygen atoms in total. The van der Waals surface area contributed by atoms with Crippen LogP contribution in [-0.2, 0) is 11.3 Å². The van der Waals surface area contributed by atoms with Gasteiger partial charge in [0.2, 0.25) is 5.91 Å². The number of hydrogen-bond donors (Lipinski definition) is 2. The molecule has 1 amide bonds. The highest BCUT2D eigenvalue weighted by molar-refractivity contribution is 5.92. The number of aromatic nitrogens is 2. The Morgan fingerprint density at radius 2 is 2.14 bits per heavy atom. The molecule has 0 atom stereocenters. The van der Waals surface area contributed by atoms with Gasteiger partial charge in [-0.3, -0.25) is 9.48 Å². The number of carbonyl (C=O) groups excluding carboxylic acids is 1. The molecule has 0 spiro atoms. The highest BCUT2D eigenvalue weighted by Crippen LogP contribution is 2.23. The molecule has 1 aromatic carbocycles. The summed E-state index contributed by atoms with van der Waals surface area (Å²) in [6.45, 7) is 0.300. The molecule has 0 saturated carbocycles. The second-order valence-corrected chi connectivity index (χ2v) is 4.30. The standard InChI is InChI=1S/C14H15N3O4/c1-21-12-5-3-2-4-11(12)16-13(18)6-7-17-9-10(8-15-17)14(19)20/h2-5,8-9H,6-7H2,1H3,(H,16,18)(H,19,20). The fourth-order valence-corrected chi connectivity index (χ4v) is 1.77. The average molecular weight is 289 g/mol. The van der Waals surface area contributed by atoms with E-state index in [0.717, 1.165) is 0 Å². The molecule has 7 heteroatoms. The quantitative estimate of drug-likeness (QED) is 0.842. The van der Waals surface area contributed by atoms with Gasteiger partial charge in [0.1, 0.15) is 5.75 Å². The van der Waals surface area contributed by atoms with Gasteiger partial charge in [0.25, 0.3) is 0 Å². The molecule has 2 N–H and O–H groups in total. The van der Waals surface area contributed by atoms with Crippen LogP contribution in [0.15, 0.2) is 36.7 Å². The molecular formula is C14H15N3O4. The summed E-state index contributed by atoms with van der Waals surface area (Å²) in [4.78, 5) is 22.6. The van der Waals surface area contributed by atoms with Crippen LogP contribution in [0.25, 0.3) is 0 Å². The summed E-state index contributed by atoms with van der Waals surface area (Å²) in [7, 11) is 1.53. The van der Waals surface area contributed by atoms with Crippen LogP contribution in [0.4, 0.5) is 5.69 Å². The molecule has 2 rings (SSSR count). The maximum atomic E-state index is 11.9. The van der Waals surface area contributed by atoms with E-state index in [4.69, 9.17) is 9.84 Å². The van der Waals surface area contributed by atoms with Crippen LogP contribution < -0.4 is 10.1 Å². The van der Waals surface area contributed by atoms with Crippen LogP contribution in [-0.4, -0.2) is 33.9 Å². The maximum Gasteiger partial charge on any atom is 0.338 e. The SMILES string of the molecule is COc1ccccc1NC(=O)CCn1cc(C(=O)O)cn1. The monoisotopic (exact) mass is 289 g/mol. The minimum Gasteiger partial charge on any atom is -0.495 e. The van der Waals surface area contributed by atoms with Crippen molar-refractivity contribution in [1.82, 2.24) is 9.78 Å². The van der Waals surface area contributed by atoms with E-state index in [9.17, 15) is 9.59 Å². The summed E-state index contributed by atoms with van der Waals surface area (Å²) in [5, 5.41) is 15.4. The topological polar surface area (TPSA) is 93.5 Å². The summed E-state index contributed by atoms with van der Waals surface area (Å²) >= 11 is 0. The number of amides is 1. The lowest BCUT2D eigenvalue weighted by Crippen LogP contribution is -2.15. The van der Waals surface area contributed by atoms with Crippen LogP contribution in [0.1, 0.15) is 16.8 Å². The minimum atomic E-state index is -1.04. The number of rotatable bonds is 6. The molecule has 21 heavy (non-hydrogen) atoms. The molecule has 1 heterocycles. The molecule has 0 aliphatic rings. The molecule has 0 bridgehead atoms. The molecular weight excluding hydrogens is 274 g/mol. The predicted molar refractivity (Wildman–Crippen MR) is 75.4 cm³/mol. The van der Waals surface area contributed by atoms with Gasteiger partial charge in [-0.05, 0) is 12.1 Å². The van der Waals surface area contributed by atoms with Crippen LogP contribution >= 0.6 is 0 Å². The lowest BCUT2D eigenvalue weighted by Gasteiger charge is -2.09. The van der Waals surface area contributed by atoms with Crippen molar-refractivity contribution >= 4 is 17.6 Å². The van der Waals surface area contributed by atoms with Crippen molar-refractivity contribution in [3.05, 3.63) is 42.2 Å². The molecule has 0 fully saturated rings. The van der Waals surface area contributed by atoms with Gasteiger partial charge in [-0.15, -0.1) is 0 Å². The highest BCUT2D eigenvalue weighted by atomic mass is 16.5. The lowest BCUT2D eigenvalue weighted by molar-refractivity contribution is -0.116. The summed E-state index contributed by atoms with van der Waals surface area (Å²) in [6, 6.07) is 7.10. The van der Waals surface area contributed by atoms with Crippen molar-refractivity contribution in [2.75, 3.05) is 12.4 Å². The van der Waals surface area contributed by atoms with Gasteiger partial charge in [-0.1, -0.05) is 12.1 Å². The average Bonchev–Trinajstić information content (AvgIpc) is 2.95. The third-order valence-corrected chi connectivity index (χ3v) is 2.83. The predicted octanol–water partition coefficient (Wildman–Crippen LogP) is 1.62. The number of carboxylic acid groups (broad SMARTS) is 1. The fourth-order valence-electron chi connectivity index (χ4n) is 1.77. The van der Waals surface area contributed by atoms with Crippen LogP contribution in [0, 0.1) is 0 Å². The molecule has 1 aromatic heterocycles. The number of methoxy groups -OCH3 is 1. The lowest BCUT2D eigenvalue weighted by atomic mass is 10.3. The first kappa shape index (κ1) is 14.6. The highest BCUT2D eigenvalue weighted by Gasteiger charge is 2.09. The molecule has 0 saturated heterocycles. The zero-order valence-electron chi connectivity index (χ0n) is 11.4. The third-order valence-electron chi connectivity index (χ3n) is 2.83. The Morgan fingerprint density at radius 3 is 2.81 bits per heavy atom. The molecule has 0 radical (unpaired) electrons. The smallest absolute Gasteiger partial charge is 0.338 e. The van der Waals surface area contributed by atoms with Gasteiger partial charge < -0.3 is 15.2 Å². The van der Waals surface area contributed by atoms with Gasteiger partial charge in [-0.2, -0.15) is 5.10 Å². The summed E-state index contributed by atoms with van der Waals surface area (Å²) < 4.78 is 6.56. The van der Waals surface area contributed by atoms with Crippen molar-refractivity contribution in [3.63, 3.8) is 0 Å². The molecule has 0 aliphatic heterocycles. The zero-order valence-corrected chi connectivity index (χ0v) is 11.4. The van der Waals surface area contributed by atoms with Crippen LogP contribution in [0.5, 0.6) is 5.75 Å². The van der Waals surface area contributed by atoms with Crippen molar-refractivity contribution < 1.29 is 19.4 Å². The van der Waals surface area contributed by atoms with Crippen molar-refractivity contribution in [2.24, 2.45) is 0 Å². The van der Waals surface area contributed by atoms with Gasteiger partial charge in [0.15, 0.2) is 0 Å². The number of benzene rings is 1. The largest absolute Gasteiger partial charge is 0.495 e. The Kier molecular flexibility index (Phi) is 4.55. The third kappa shape index (κ3) is 3.82. The zero-order chi connectivity index (χ0) is 15.2. The Hall–Kier alpha value is -2.83. The number of nitrogens with one attached hydrogen (secondary N) is 1. The second kappa shape index (κ2) is 6.56. The van der Waals surface area contributed by atoms with Crippen molar-refractivity contribution in [3.8, 4) is 5.75 Å². The second-order valence-electron chi connectivity index (χ2n) is 4.30. The minimum absolute atomic E-state index is 0.0973. The normalized spacial score (nSPS) is 10.1. The maximum absolute atomic E-state index is 11.9. The number of ether oxygens (including phenoxy) is 1. The summed E-state index contributed by atoms with van der Waals surface area (Å²) in [5.74, 6) is -0.662. The van der Waals surface area contributed by atoms with E-state index in [2.05, 4.69) is 10.4 Å². The van der Waals surface area contributed by atoms with Crippen molar-refractivity contribution in [1.29, 1.82) is 0 Å². The van der Waals surface area contributed by atoms with Crippen LogP contribution in [0.2, 0.25) is 0 Å². The number of aromatic carboxylic acids is 1. The molecule has 0 aliphatic carbocycles. The first-order chi connectivity index (χ1) is 10.1. The van der Waals surface area contributed by atoms with E-state index in [1.807, 2.05) is 6.07 Å². The van der Waals surface area contributed by atoms with E-state index < -0.39 is 5.97 Å². The van der Waals surface area contributed by atoms with Gasteiger partial charge in [0, 0.05) is 19.2 Å². The Labute approximate surface area is 121 Å². The number of anilines is 1. The number of nitrogens with zero attached hydrogens (tertiary/aromatic N) is 2. The van der Waals surface area contributed by atoms with E-state index in [0.29, 0.717) is 18.0 Å². The Bertz CT molecular complexity index is 651. The number of hydrogen-bond acceptors (Lipinski definition) is 4. The molecule has 0 unspecified atom stereocenters. The van der Waals surface area contributed by atoms with Crippen molar-refractivity contribution in [2.45, 2.75) is 13.0 Å². The van der Waals surface area contributed by atoms with E-state index in [-0.39, 0.29) is 17.9 Å². The first-order valence-electron chi connectivity index (χ1n) is 6.29. The van der Waals surface area contributed by atoms with Gasteiger partial charge in [-0.25, -0.2) is 4.79 Å².